The molecule has 0 bridgehead atoms. The van der Waals surface area contributed by atoms with Gasteiger partial charge in [0.25, 0.3) is 6.02 Å². The van der Waals surface area contributed by atoms with E-state index in [1.807, 2.05) is 13.8 Å². The van der Waals surface area contributed by atoms with Crippen molar-refractivity contribution in [2.75, 3.05) is 0 Å². The fraction of sp³-hybridized carbons (Fsp3) is 0.862. The third-order valence-electron chi connectivity index (χ3n) is 7.15. The molecule has 0 radical (unpaired) electrons. The van der Waals surface area contributed by atoms with Gasteiger partial charge in [0.05, 0.1) is 12.1 Å². The number of aliphatic hydroxyl groups excluding tert-OH is 1. The first-order valence-corrected chi connectivity index (χ1v) is 15.1. The monoisotopic (exact) mass is 567 g/mol. The lowest BCUT2D eigenvalue weighted by Crippen LogP contribution is -2.56. The highest BCUT2D eigenvalue weighted by molar-refractivity contribution is 5.90. The zero-order valence-corrected chi connectivity index (χ0v) is 25.2. The van der Waals surface area contributed by atoms with Crippen molar-refractivity contribution in [2.45, 2.75) is 154 Å². The molecule has 2 fully saturated rings. The van der Waals surface area contributed by atoms with E-state index in [0.717, 1.165) is 51.4 Å². The first-order valence-electron chi connectivity index (χ1n) is 15.1. The minimum absolute atomic E-state index is 0.0200. The molecule has 0 aromatic rings. The van der Waals surface area contributed by atoms with E-state index in [0.29, 0.717) is 6.42 Å². The second-order valence-corrected chi connectivity index (χ2v) is 12.7. The van der Waals surface area contributed by atoms with Crippen molar-refractivity contribution in [1.82, 2.24) is 16.0 Å². The van der Waals surface area contributed by atoms with Gasteiger partial charge in [-0.15, -0.1) is 0 Å². The lowest BCUT2D eigenvalue weighted by Gasteiger charge is -2.30. The van der Waals surface area contributed by atoms with E-state index >= 15 is 0 Å². The van der Waals surface area contributed by atoms with Crippen molar-refractivity contribution in [3.63, 3.8) is 0 Å². The number of rotatable bonds is 12. The lowest BCUT2D eigenvalue weighted by molar-refractivity contribution is -0.140. The number of nitrogens with two attached hydrogens (primary N) is 1. The molecular formula is C29H53N5O6. The Labute approximate surface area is 239 Å². The molecule has 6 N–H and O–H groups in total. The number of primary amides is 1. The molecule has 2 amide bonds. The normalized spacial score (nSPS) is 19.9. The van der Waals surface area contributed by atoms with Crippen molar-refractivity contribution in [3.05, 3.63) is 0 Å². The van der Waals surface area contributed by atoms with Crippen LogP contribution < -0.4 is 21.7 Å². The number of ether oxygens (including phenoxy) is 2. The molecule has 2 saturated carbocycles. The number of hydrogen-bond donors (Lipinski definition) is 5. The fourth-order valence-electron chi connectivity index (χ4n) is 5.17. The Morgan fingerprint density at radius 1 is 1.00 bits per heavy atom. The molecule has 0 heterocycles. The summed E-state index contributed by atoms with van der Waals surface area (Å²) in [5.41, 5.74) is 4.67. The molecule has 0 aromatic carbocycles. The summed E-state index contributed by atoms with van der Waals surface area (Å²) >= 11 is 0. The Kier molecular flexibility index (Phi) is 14.2. The van der Waals surface area contributed by atoms with E-state index in [1.165, 1.54) is 12.8 Å². The molecule has 11 nitrogen and oxygen atoms in total. The van der Waals surface area contributed by atoms with E-state index in [2.05, 4.69) is 16.0 Å². The maximum Gasteiger partial charge on any atom is 0.408 e. The summed E-state index contributed by atoms with van der Waals surface area (Å²) in [6, 6.07) is -1.34. The molecule has 2 rings (SSSR count). The van der Waals surface area contributed by atoms with Crippen LogP contribution in [0.25, 0.3) is 0 Å². The van der Waals surface area contributed by atoms with Crippen LogP contribution in [0.3, 0.4) is 0 Å². The molecular weight excluding hydrogens is 514 g/mol. The van der Waals surface area contributed by atoms with Crippen LogP contribution in [-0.4, -0.2) is 65.1 Å². The molecule has 1 unspecified atom stereocenters. The topological polar surface area (TPSA) is 164 Å². The zero-order valence-electron chi connectivity index (χ0n) is 25.2. The number of amidine groups is 1. The SMILES string of the molecule is CC(C)C[C@H](NC(=O)OC(C)(C)C)C(O)N[C@H](CCC(N)=O)C(=O)OC(=NC1CCCCC1)NC1CCCCC1. The summed E-state index contributed by atoms with van der Waals surface area (Å²) < 4.78 is 11.2. The average Bonchev–Trinajstić information content (AvgIpc) is 2.85. The number of hydrogen-bond acceptors (Lipinski definition) is 8. The van der Waals surface area contributed by atoms with E-state index in [-0.39, 0.29) is 36.9 Å². The molecule has 2 aliphatic carbocycles. The molecule has 0 aromatic heterocycles. The summed E-state index contributed by atoms with van der Waals surface area (Å²) in [6.45, 7) is 9.17. The number of carbonyl (C=O) groups is 3. The van der Waals surface area contributed by atoms with E-state index in [4.69, 9.17) is 20.2 Å². The third kappa shape index (κ3) is 13.8. The molecule has 0 aliphatic heterocycles. The number of aliphatic hydroxyl groups is 1. The highest BCUT2D eigenvalue weighted by Crippen LogP contribution is 2.22. The first kappa shape index (κ1) is 33.8. The highest BCUT2D eigenvalue weighted by Gasteiger charge is 2.31. The van der Waals surface area contributed by atoms with Crippen molar-refractivity contribution >= 4 is 24.0 Å². The van der Waals surface area contributed by atoms with E-state index < -0.39 is 41.9 Å². The van der Waals surface area contributed by atoms with Gasteiger partial charge < -0.3 is 30.9 Å². The largest absolute Gasteiger partial charge is 0.444 e. The number of aliphatic imine (C=N–C) groups is 1. The molecule has 3 atom stereocenters. The minimum atomic E-state index is -1.31. The number of carbonyl (C=O) groups excluding carboxylic acids is 3. The van der Waals surface area contributed by atoms with Crippen molar-refractivity contribution in [2.24, 2.45) is 16.6 Å². The van der Waals surface area contributed by atoms with Crippen LogP contribution in [0, 0.1) is 5.92 Å². The Morgan fingerprint density at radius 3 is 2.15 bits per heavy atom. The molecule has 11 heteroatoms. The quantitative estimate of drug-likeness (QED) is 0.103. The van der Waals surface area contributed by atoms with Gasteiger partial charge >= 0.3 is 12.1 Å². The van der Waals surface area contributed by atoms with Crippen LogP contribution in [0.5, 0.6) is 0 Å². The fourth-order valence-corrected chi connectivity index (χ4v) is 5.17. The van der Waals surface area contributed by atoms with Gasteiger partial charge in [-0.2, -0.15) is 0 Å². The third-order valence-corrected chi connectivity index (χ3v) is 7.15. The second-order valence-electron chi connectivity index (χ2n) is 12.7. The summed E-state index contributed by atoms with van der Waals surface area (Å²) in [6.07, 6.45) is 9.01. The predicted molar refractivity (Wildman–Crippen MR) is 154 cm³/mol. The molecule has 230 valence electrons. The molecule has 2 aliphatic rings. The lowest BCUT2D eigenvalue weighted by atomic mass is 9.95. The van der Waals surface area contributed by atoms with Crippen LogP contribution in [0.15, 0.2) is 4.99 Å². The summed E-state index contributed by atoms with van der Waals surface area (Å²) in [5.74, 6) is -1.11. The van der Waals surface area contributed by atoms with E-state index in [9.17, 15) is 19.5 Å². The van der Waals surface area contributed by atoms with Crippen molar-refractivity contribution < 1.29 is 29.0 Å². The summed E-state index contributed by atoms with van der Waals surface area (Å²) in [4.78, 5) is 42.3. The van der Waals surface area contributed by atoms with Gasteiger partial charge in [0.15, 0.2) is 0 Å². The average molecular weight is 568 g/mol. The minimum Gasteiger partial charge on any atom is -0.444 e. The van der Waals surface area contributed by atoms with Crippen molar-refractivity contribution in [3.8, 4) is 0 Å². The molecule has 0 saturated heterocycles. The van der Waals surface area contributed by atoms with E-state index in [1.54, 1.807) is 20.8 Å². The number of alkyl carbamates (subject to hydrolysis) is 1. The van der Waals surface area contributed by atoms with Crippen LogP contribution in [-0.2, 0) is 19.1 Å². The zero-order chi connectivity index (χ0) is 29.7. The van der Waals surface area contributed by atoms with Crippen LogP contribution in [0.1, 0.15) is 118 Å². The highest BCUT2D eigenvalue weighted by atomic mass is 16.6. The predicted octanol–water partition coefficient (Wildman–Crippen LogP) is 3.62. The number of amides is 2. The number of esters is 1. The van der Waals surface area contributed by atoms with Gasteiger partial charge in [-0.1, -0.05) is 52.4 Å². The van der Waals surface area contributed by atoms with Crippen LogP contribution in [0.2, 0.25) is 0 Å². The van der Waals surface area contributed by atoms with Gasteiger partial charge in [-0.25, -0.2) is 14.6 Å². The van der Waals surface area contributed by atoms with Crippen LogP contribution in [0.4, 0.5) is 4.79 Å². The maximum atomic E-state index is 13.5. The Bertz CT molecular complexity index is 831. The smallest absolute Gasteiger partial charge is 0.408 e. The Morgan fingerprint density at radius 2 is 1.60 bits per heavy atom. The molecule has 40 heavy (non-hydrogen) atoms. The summed E-state index contributed by atoms with van der Waals surface area (Å²) in [7, 11) is 0. The number of nitrogens with one attached hydrogen (secondary N) is 3. The standard InChI is InChI=1S/C29H53N5O6/c1-19(2)18-23(34-28(38)40-29(3,4)5)25(36)33-22(16-17-24(30)35)26(37)39-27(31-20-12-8-6-9-13-20)32-21-14-10-7-11-15-21/h19-23,25,33,36H,6-18H2,1-5H3,(H2,30,35)(H,31,32)(H,34,38)/t22-,23+,25?/m1/s1. The maximum absolute atomic E-state index is 13.5. The van der Waals surface area contributed by atoms with Gasteiger partial charge in [0.2, 0.25) is 5.91 Å². The summed E-state index contributed by atoms with van der Waals surface area (Å²) in [5, 5.41) is 20.0. The Hall–Kier alpha value is -2.40. The second kappa shape index (κ2) is 16.8. The van der Waals surface area contributed by atoms with Crippen LogP contribution >= 0.6 is 0 Å². The Balaban J connectivity index is 2.18. The first-order chi connectivity index (χ1) is 18.8. The van der Waals surface area contributed by atoms with Crippen molar-refractivity contribution in [1.29, 1.82) is 0 Å². The van der Waals surface area contributed by atoms with Gasteiger partial charge in [0, 0.05) is 12.5 Å². The molecule has 0 spiro atoms. The number of nitrogens with zero attached hydrogens (tertiary/aromatic N) is 1. The van der Waals surface area contributed by atoms with Gasteiger partial charge in [0.1, 0.15) is 17.9 Å². The van der Waals surface area contributed by atoms with Gasteiger partial charge in [-0.05, 0) is 65.2 Å². The van der Waals surface area contributed by atoms with Gasteiger partial charge in [-0.3, -0.25) is 10.1 Å².